The molecule has 0 aromatic rings. The minimum atomic E-state index is -5.43. The highest BCUT2D eigenvalue weighted by atomic mass is 32.3. The van der Waals surface area contributed by atoms with Crippen molar-refractivity contribution in [3.8, 4) is 0 Å². The number of aliphatic carboxylic acids is 1. The van der Waals surface area contributed by atoms with E-state index in [4.69, 9.17) is 27.9 Å². The molecule has 6 N–H and O–H groups in total. The first-order valence-electron chi connectivity index (χ1n) is 13.3. The molecule has 24 nitrogen and oxygen atoms in total. The van der Waals surface area contributed by atoms with Gasteiger partial charge in [0.15, 0.2) is 18.7 Å². The summed E-state index contributed by atoms with van der Waals surface area (Å²) in [7, 11) is -7.16. The maximum absolute atomic E-state index is 12.2. The number of hydrazine groups is 1. The summed E-state index contributed by atoms with van der Waals surface area (Å²) in [6, 6.07) is -1.96. The molecule has 3 rings (SSSR count). The number of aliphatic hydroxyl groups excluding tert-OH is 2. The fraction of sp³-hybridized carbons (Fsp3) is 0.950. The van der Waals surface area contributed by atoms with Crippen molar-refractivity contribution in [2.24, 2.45) is 5.28 Å². The van der Waals surface area contributed by atoms with Gasteiger partial charge < -0.3 is 53.8 Å². The third kappa shape index (κ3) is 10.2. The fourth-order valence-electron chi connectivity index (χ4n) is 5.06. The average Bonchev–Trinajstić information content (AvgIpc) is 2.96. The van der Waals surface area contributed by atoms with Crippen LogP contribution in [0.25, 0.3) is 0 Å². The minimum Gasteiger partial charge on any atom is -0.569 e. The molecule has 0 aliphatic carbocycles. The number of hydrogen-bond acceptors (Lipinski definition) is 18. The predicted molar refractivity (Wildman–Crippen MR) is 142 cm³/mol. The summed E-state index contributed by atoms with van der Waals surface area (Å²) in [5, 5.41) is 47.6. The first-order valence-corrected chi connectivity index (χ1v) is 16.1. The lowest BCUT2D eigenvalue weighted by Crippen LogP contribution is -2.69. The van der Waals surface area contributed by atoms with Gasteiger partial charge in [0.05, 0.1) is 18.1 Å². The smallest absolute Gasteiger partial charge is 0.397 e. The molecule has 26 heteroatoms. The van der Waals surface area contributed by atoms with Gasteiger partial charge in [0, 0.05) is 41.0 Å². The van der Waals surface area contributed by atoms with E-state index in [1.165, 1.54) is 12.1 Å². The second-order valence-corrected chi connectivity index (χ2v) is 12.3. The van der Waals surface area contributed by atoms with Crippen molar-refractivity contribution >= 4 is 26.7 Å². The van der Waals surface area contributed by atoms with Crippen LogP contribution >= 0.6 is 0 Å². The monoisotopic (exact) mass is 715 g/mol. The van der Waals surface area contributed by atoms with Gasteiger partial charge in [-0.3, -0.25) is 14.0 Å². The predicted octanol–water partition coefficient (Wildman–Crippen LogP) is -4.73. The van der Waals surface area contributed by atoms with Crippen molar-refractivity contribution in [3.63, 3.8) is 0 Å². The van der Waals surface area contributed by atoms with Gasteiger partial charge in [0.25, 0.3) is 0 Å². The number of rotatable bonds is 15. The molecule has 0 bridgehead atoms. The van der Waals surface area contributed by atoms with Gasteiger partial charge in [0.1, 0.15) is 42.7 Å². The lowest BCUT2D eigenvalue weighted by atomic mass is 9.95. The Morgan fingerprint density at radius 2 is 1.63 bits per heavy atom. The van der Waals surface area contributed by atoms with E-state index in [0.717, 1.165) is 14.2 Å². The van der Waals surface area contributed by atoms with Crippen LogP contribution < -0.4 is 4.72 Å². The number of carbonyl (C=O) groups is 1. The number of nitrogens with zero attached hydrogens (tertiary/aromatic N) is 4. The Morgan fingerprint density at radius 3 is 2.15 bits per heavy atom. The Labute approximate surface area is 262 Å². The summed E-state index contributed by atoms with van der Waals surface area (Å²) in [6.07, 6.45) is -16.6. The molecule has 10 atom stereocenters. The molecule has 268 valence electrons. The lowest BCUT2D eigenvalue weighted by molar-refractivity contribution is -0.713. The van der Waals surface area contributed by atoms with Crippen LogP contribution in [0.15, 0.2) is 5.28 Å². The van der Waals surface area contributed by atoms with Gasteiger partial charge in [-0.25, -0.2) is 8.98 Å². The number of carboxylic acids is 1. The van der Waals surface area contributed by atoms with Crippen LogP contribution in [0, 0.1) is 5.21 Å². The molecule has 0 aromatic heterocycles. The molecular formula is C20H37N5O19S2. The summed E-state index contributed by atoms with van der Waals surface area (Å²) < 4.78 is 105. The highest BCUT2D eigenvalue weighted by Crippen LogP contribution is 2.33. The number of aliphatic hydroxyl groups is 2. The van der Waals surface area contributed by atoms with Gasteiger partial charge in [-0.1, -0.05) is 0 Å². The normalized spacial score (nSPS) is 35.2. The van der Waals surface area contributed by atoms with Crippen molar-refractivity contribution < 1.29 is 88.5 Å². The standard InChI is InChI=1S/C20H37N5O19S2/c1-37-9-40-22-25(30)24-6-4-23(5-7-24)8-10-14(42-20-13(27)12(26)16(38-2)17(43-20)18(28)29)15(44-46(34,35)36)11(19(39-3)41-10)21-45(31,32)33/h10-17,19-21,26-27H,4-9H2,1-3H3,(H,28,29)(H,31,32,33)(H,34,35,36)/b25-22-/t10-,11-,12-,13-,14-,15-,16+,17+,19+,20-/m1/s1. The summed E-state index contributed by atoms with van der Waals surface area (Å²) in [4.78, 5) is 18.4. The number of hydrogen-bond donors (Lipinski definition) is 6. The zero-order valence-electron chi connectivity index (χ0n) is 24.6. The van der Waals surface area contributed by atoms with Gasteiger partial charge in [0.2, 0.25) is 12.1 Å². The molecular weight excluding hydrogens is 678 g/mol. The Bertz CT molecular complexity index is 1250. The Balaban J connectivity index is 1.95. The summed E-state index contributed by atoms with van der Waals surface area (Å²) >= 11 is 0. The van der Waals surface area contributed by atoms with Crippen LogP contribution in [0.4, 0.5) is 0 Å². The van der Waals surface area contributed by atoms with E-state index in [2.05, 4.69) is 14.9 Å². The third-order valence-electron chi connectivity index (χ3n) is 7.07. The van der Waals surface area contributed by atoms with Crippen molar-refractivity contribution in [1.82, 2.24) is 14.6 Å². The lowest BCUT2D eigenvalue weighted by Gasteiger charge is -2.48. The molecule has 0 amide bonds. The second kappa shape index (κ2) is 16.3. The van der Waals surface area contributed by atoms with Gasteiger partial charge in [-0.2, -0.15) is 21.6 Å². The van der Waals surface area contributed by atoms with E-state index in [-0.39, 0.29) is 44.5 Å². The van der Waals surface area contributed by atoms with Crippen LogP contribution in [0.2, 0.25) is 0 Å². The number of carboxylic acid groups (broad SMARTS) is 1. The zero-order valence-corrected chi connectivity index (χ0v) is 26.2. The van der Waals surface area contributed by atoms with E-state index in [0.29, 0.717) is 0 Å². The molecule has 0 spiro atoms. The Kier molecular flexibility index (Phi) is 13.6. The summed E-state index contributed by atoms with van der Waals surface area (Å²) in [5.41, 5.74) is 0. The first kappa shape index (κ1) is 38.3. The van der Waals surface area contributed by atoms with Gasteiger partial charge in [-0.05, 0) is 0 Å². The van der Waals surface area contributed by atoms with E-state index in [9.17, 15) is 51.3 Å². The molecule has 3 fully saturated rings. The number of piperazine rings is 1. The molecule has 3 aliphatic rings. The van der Waals surface area contributed by atoms with E-state index < -0.39 is 88.0 Å². The summed E-state index contributed by atoms with van der Waals surface area (Å²) in [6.45, 7) is 0.00202. The highest BCUT2D eigenvalue weighted by molar-refractivity contribution is 7.83. The van der Waals surface area contributed by atoms with Crippen LogP contribution in [0.1, 0.15) is 0 Å². The molecule has 0 aromatic carbocycles. The molecule has 3 heterocycles. The topological polar surface area (TPSA) is 317 Å². The highest BCUT2D eigenvalue weighted by Gasteiger charge is 2.55. The van der Waals surface area contributed by atoms with Crippen molar-refractivity contribution in [1.29, 1.82) is 0 Å². The average molecular weight is 716 g/mol. The van der Waals surface area contributed by atoms with Gasteiger partial charge >= 0.3 is 26.7 Å². The number of ether oxygens (including phenoxy) is 6. The number of methoxy groups -OCH3 is 3. The fourth-order valence-corrected chi connectivity index (χ4v) is 6.16. The van der Waals surface area contributed by atoms with Crippen LogP contribution in [0.5, 0.6) is 0 Å². The van der Waals surface area contributed by atoms with Crippen molar-refractivity contribution in [2.75, 3.05) is 60.8 Å². The molecule has 0 radical (unpaired) electrons. The van der Waals surface area contributed by atoms with Gasteiger partial charge in [-0.15, -0.1) is 5.01 Å². The second-order valence-electron chi connectivity index (χ2n) is 10.1. The van der Waals surface area contributed by atoms with Crippen LogP contribution in [-0.4, -0.2) is 184 Å². The molecule has 3 saturated heterocycles. The third-order valence-corrected chi connectivity index (χ3v) is 8.11. The maximum Gasteiger partial charge on any atom is 0.397 e. The molecule has 3 aliphatic heterocycles. The quantitative estimate of drug-likeness (QED) is 0.0231. The van der Waals surface area contributed by atoms with Crippen LogP contribution in [-0.2, 0) is 62.9 Å². The Hall–Kier alpha value is -2.15. The summed E-state index contributed by atoms with van der Waals surface area (Å²) in [5.74, 6) is -1.64. The SMILES string of the molecule is COCO/N=[N+](\[O-])N1CCN(C[C@H]2O[C@H](OC)[C@H](NS(=O)(=O)O)[C@@H](OS(=O)(=O)O)[C@@H]2O[C@@H]2O[C@H](C(=O)O)[C@@H](OC)[C@H](O)[C@H]2O)CC1. The molecule has 46 heavy (non-hydrogen) atoms. The van der Waals surface area contributed by atoms with Crippen molar-refractivity contribution in [2.45, 2.75) is 61.3 Å². The molecule has 0 saturated carbocycles. The van der Waals surface area contributed by atoms with Crippen LogP contribution in [0.3, 0.4) is 0 Å². The Morgan fingerprint density at radius 1 is 0.978 bits per heavy atom. The number of nitrogens with one attached hydrogen (secondary N) is 1. The van der Waals surface area contributed by atoms with E-state index >= 15 is 0 Å². The van der Waals surface area contributed by atoms with Crippen molar-refractivity contribution in [3.05, 3.63) is 5.21 Å². The maximum atomic E-state index is 12.2. The minimum absolute atomic E-state index is 0.0858. The molecule has 0 unspecified atom stereocenters. The van der Waals surface area contributed by atoms with E-state index in [1.54, 1.807) is 9.62 Å². The van der Waals surface area contributed by atoms with E-state index in [1.807, 2.05) is 0 Å². The first-order chi connectivity index (χ1) is 21.5. The largest absolute Gasteiger partial charge is 0.569 e. The zero-order chi connectivity index (χ0) is 34.4.